The zero-order chi connectivity index (χ0) is 11.5. The molecule has 2 atom stereocenters. The molecule has 2 rings (SSSR count). The fraction of sp³-hybridized carbons (Fsp3) is 0.615. The van der Waals surface area contributed by atoms with Gasteiger partial charge in [-0.25, -0.2) is 0 Å². The van der Waals surface area contributed by atoms with Crippen LogP contribution in [0.1, 0.15) is 24.6 Å². The molecule has 2 heterocycles. The Morgan fingerprint density at radius 3 is 2.94 bits per heavy atom. The van der Waals surface area contributed by atoms with Gasteiger partial charge in [-0.1, -0.05) is 13.0 Å². The highest BCUT2D eigenvalue weighted by atomic mass is 15.1. The molecule has 2 N–H and O–H groups in total. The number of likely N-dealkylation sites (tertiary alicyclic amines) is 1. The zero-order valence-corrected chi connectivity index (χ0v) is 10.2. The Morgan fingerprint density at radius 2 is 2.31 bits per heavy atom. The van der Waals surface area contributed by atoms with Gasteiger partial charge in [0.15, 0.2) is 0 Å². The van der Waals surface area contributed by atoms with E-state index >= 15 is 0 Å². The predicted octanol–water partition coefficient (Wildman–Crippen LogP) is 1.56. The predicted molar refractivity (Wildman–Crippen MR) is 66.0 cm³/mol. The second-order valence-electron chi connectivity index (χ2n) is 4.99. The van der Waals surface area contributed by atoms with Crippen LogP contribution in [0.5, 0.6) is 0 Å². The van der Waals surface area contributed by atoms with Gasteiger partial charge in [-0.2, -0.15) is 0 Å². The Bertz CT molecular complexity index is 334. The summed E-state index contributed by atoms with van der Waals surface area (Å²) < 4.78 is 0. The smallest absolute Gasteiger partial charge is 0.0544 e. The summed E-state index contributed by atoms with van der Waals surface area (Å²) in [6.45, 7) is 7.45. The number of pyridine rings is 1. The van der Waals surface area contributed by atoms with Crippen molar-refractivity contribution in [2.75, 3.05) is 13.1 Å². The van der Waals surface area contributed by atoms with Crippen molar-refractivity contribution in [2.45, 2.75) is 32.9 Å². The van der Waals surface area contributed by atoms with Crippen LogP contribution in [-0.4, -0.2) is 29.0 Å². The number of nitrogens with two attached hydrogens (primary N) is 1. The van der Waals surface area contributed by atoms with Crippen molar-refractivity contribution in [3.63, 3.8) is 0 Å². The lowest BCUT2D eigenvalue weighted by atomic mass is 9.95. The van der Waals surface area contributed by atoms with Gasteiger partial charge >= 0.3 is 0 Å². The molecule has 2 unspecified atom stereocenters. The maximum absolute atomic E-state index is 6.01. The van der Waals surface area contributed by atoms with E-state index in [-0.39, 0.29) is 0 Å². The van der Waals surface area contributed by atoms with Crippen molar-refractivity contribution in [1.29, 1.82) is 0 Å². The van der Waals surface area contributed by atoms with E-state index in [1.807, 2.05) is 6.20 Å². The maximum Gasteiger partial charge on any atom is 0.0544 e. The molecule has 1 saturated heterocycles. The second kappa shape index (κ2) is 4.93. The average Bonchev–Trinajstić information content (AvgIpc) is 2.27. The molecule has 0 aliphatic carbocycles. The van der Waals surface area contributed by atoms with Gasteiger partial charge in [0, 0.05) is 31.9 Å². The molecule has 1 aliphatic rings. The summed E-state index contributed by atoms with van der Waals surface area (Å²) in [7, 11) is 0. The molecule has 1 aromatic heterocycles. The minimum atomic E-state index is 0.377. The number of rotatable bonds is 2. The van der Waals surface area contributed by atoms with Crippen molar-refractivity contribution in [1.82, 2.24) is 9.88 Å². The van der Waals surface area contributed by atoms with Gasteiger partial charge in [-0.15, -0.1) is 0 Å². The highest BCUT2D eigenvalue weighted by molar-refractivity contribution is 5.12. The lowest BCUT2D eigenvalue weighted by Gasteiger charge is -2.34. The van der Waals surface area contributed by atoms with Gasteiger partial charge in [0.05, 0.1) is 5.69 Å². The molecule has 16 heavy (non-hydrogen) atoms. The lowest BCUT2D eigenvalue weighted by molar-refractivity contribution is 0.156. The first-order chi connectivity index (χ1) is 7.65. The van der Waals surface area contributed by atoms with Gasteiger partial charge in [0.2, 0.25) is 0 Å². The summed E-state index contributed by atoms with van der Waals surface area (Å²) >= 11 is 0. The van der Waals surface area contributed by atoms with Crippen LogP contribution in [0.4, 0.5) is 0 Å². The lowest BCUT2D eigenvalue weighted by Crippen LogP contribution is -2.45. The van der Waals surface area contributed by atoms with E-state index in [0.717, 1.165) is 31.7 Å². The number of nitrogens with zero attached hydrogens (tertiary/aromatic N) is 2. The molecular formula is C13H21N3. The van der Waals surface area contributed by atoms with Crippen LogP contribution in [0.25, 0.3) is 0 Å². The van der Waals surface area contributed by atoms with E-state index in [2.05, 4.69) is 35.9 Å². The summed E-state index contributed by atoms with van der Waals surface area (Å²) in [4.78, 5) is 6.89. The maximum atomic E-state index is 6.01. The van der Waals surface area contributed by atoms with Crippen molar-refractivity contribution in [3.05, 3.63) is 29.6 Å². The molecule has 3 nitrogen and oxygen atoms in total. The summed E-state index contributed by atoms with van der Waals surface area (Å²) in [5.41, 5.74) is 8.39. The first-order valence-corrected chi connectivity index (χ1v) is 6.04. The number of hydrogen-bond donors (Lipinski definition) is 1. The second-order valence-corrected chi connectivity index (χ2v) is 4.99. The molecule has 0 spiro atoms. The fourth-order valence-electron chi connectivity index (χ4n) is 2.21. The Kier molecular flexibility index (Phi) is 3.56. The molecule has 1 fully saturated rings. The highest BCUT2D eigenvalue weighted by Gasteiger charge is 2.22. The van der Waals surface area contributed by atoms with Crippen LogP contribution in [0.2, 0.25) is 0 Å². The third kappa shape index (κ3) is 2.80. The van der Waals surface area contributed by atoms with Crippen LogP contribution < -0.4 is 5.73 Å². The first kappa shape index (κ1) is 11.6. The fourth-order valence-corrected chi connectivity index (χ4v) is 2.21. The SMILES string of the molecule is Cc1ccc(CN2CCC(N)C(C)C2)nc1. The molecule has 3 heteroatoms. The first-order valence-electron chi connectivity index (χ1n) is 6.04. The zero-order valence-electron chi connectivity index (χ0n) is 10.2. The Morgan fingerprint density at radius 1 is 1.50 bits per heavy atom. The molecule has 88 valence electrons. The molecule has 1 aliphatic heterocycles. The van der Waals surface area contributed by atoms with E-state index in [1.165, 1.54) is 5.56 Å². The number of hydrogen-bond acceptors (Lipinski definition) is 3. The monoisotopic (exact) mass is 219 g/mol. The topological polar surface area (TPSA) is 42.1 Å². The Balaban J connectivity index is 1.93. The number of aryl methyl sites for hydroxylation is 1. The summed E-state index contributed by atoms with van der Waals surface area (Å²) in [6.07, 6.45) is 3.04. The van der Waals surface area contributed by atoms with Crippen molar-refractivity contribution >= 4 is 0 Å². The summed E-state index contributed by atoms with van der Waals surface area (Å²) in [5.74, 6) is 0.596. The van der Waals surface area contributed by atoms with E-state index in [0.29, 0.717) is 12.0 Å². The average molecular weight is 219 g/mol. The van der Waals surface area contributed by atoms with Gasteiger partial charge in [-0.05, 0) is 30.9 Å². The van der Waals surface area contributed by atoms with Crippen LogP contribution in [-0.2, 0) is 6.54 Å². The van der Waals surface area contributed by atoms with Crippen molar-refractivity contribution in [2.24, 2.45) is 11.7 Å². The third-order valence-electron chi connectivity index (χ3n) is 3.41. The Labute approximate surface area is 97.7 Å². The molecule has 0 radical (unpaired) electrons. The normalized spacial score (nSPS) is 26.9. The number of aromatic nitrogens is 1. The molecule has 0 amide bonds. The number of piperidine rings is 1. The van der Waals surface area contributed by atoms with Gasteiger partial charge in [0.1, 0.15) is 0 Å². The van der Waals surface area contributed by atoms with E-state index in [9.17, 15) is 0 Å². The largest absolute Gasteiger partial charge is 0.327 e. The standard InChI is InChI=1S/C13H21N3/c1-10-3-4-12(15-7-10)9-16-6-5-13(14)11(2)8-16/h3-4,7,11,13H,5-6,8-9,14H2,1-2H3. The third-order valence-corrected chi connectivity index (χ3v) is 3.41. The molecule has 1 aromatic rings. The van der Waals surface area contributed by atoms with Crippen molar-refractivity contribution in [3.8, 4) is 0 Å². The molecule has 0 bridgehead atoms. The van der Waals surface area contributed by atoms with E-state index in [1.54, 1.807) is 0 Å². The summed E-state index contributed by atoms with van der Waals surface area (Å²) in [5, 5.41) is 0. The molecular weight excluding hydrogens is 198 g/mol. The van der Waals surface area contributed by atoms with E-state index in [4.69, 9.17) is 5.73 Å². The van der Waals surface area contributed by atoms with E-state index < -0.39 is 0 Å². The van der Waals surface area contributed by atoms with Crippen LogP contribution in [0, 0.1) is 12.8 Å². The molecule has 0 saturated carbocycles. The minimum absolute atomic E-state index is 0.377. The van der Waals surface area contributed by atoms with Crippen molar-refractivity contribution < 1.29 is 0 Å². The van der Waals surface area contributed by atoms with Gasteiger partial charge in [-0.3, -0.25) is 9.88 Å². The minimum Gasteiger partial charge on any atom is -0.327 e. The van der Waals surface area contributed by atoms with Crippen LogP contribution in [0.15, 0.2) is 18.3 Å². The highest BCUT2D eigenvalue weighted by Crippen LogP contribution is 2.16. The van der Waals surface area contributed by atoms with Gasteiger partial charge < -0.3 is 5.73 Å². The quantitative estimate of drug-likeness (QED) is 0.820. The van der Waals surface area contributed by atoms with Gasteiger partial charge in [0.25, 0.3) is 0 Å². The summed E-state index contributed by atoms with van der Waals surface area (Å²) in [6, 6.07) is 4.62. The Hall–Kier alpha value is -0.930. The van der Waals surface area contributed by atoms with Crippen LogP contribution in [0.3, 0.4) is 0 Å². The molecule has 0 aromatic carbocycles. The van der Waals surface area contributed by atoms with Crippen LogP contribution >= 0.6 is 0 Å².